The van der Waals surface area contributed by atoms with Crippen molar-refractivity contribution >= 4 is 5.91 Å². The number of likely N-dealkylation sites (N-methyl/N-ethyl adjacent to an activating group) is 1. The number of aliphatic hydroxyl groups excluding tert-OH is 1. The van der Waals surface area contributed by atoms with Crippen molar-refractivity contribution < 1.29 is 14.6 Å². The van der Waals surface area contributed by atoms with Crippen molar-refractivity contribution in [3.63, 3.8) is 0 Å². The van der Waals surface area contributed by atoms with E-state index in [1.54, 1.807) is 30.3 Å². The molecular weight excluding hydrogens is 318 g/mol. The van der Waals surface area contributed by atoms with Gasteiger partial charge < -0.3 is 19.6 Å². The van der Waals surface area contributed by atoms with Gasteiger partial charge in [-0.2, -0.15) is 0 Å². The second kappa shape index (κ2) is 9.15. The van der Waals surface area contributed by atoms with Crippen molar-refractivity contribution in [1.82, 2.24) is 14.8 Å². The maximum absolute atomic E-state index is 12.8. The number of rotatable bonds is 8. The first kappa shape index (κ1) is 18.9. The van der Waals surface area contributed by atoms with Crippen LogP contribution in [0.4, 0.5) is 0 Å². The molecule has 1 aromatic carbocycles. The highest BCUT2D eigenvalue weighted by Gasteiger charge is 2.16. The Morgan fingerprint density at radius 3 is 2.52 bits per heavy atom. The lowest BCUT2D eigenvalue weighted by molar-refractivity contribution is 0.0710. The summed E-state index contributed by atoms with van der Waals surface area (Å²) in [5.74, 6) is 0.466. The third-order valence-corrected chi connectivity index (χ3v) is 3.86. The molecule has 0 saturated heterocycles. The zero-order chi connectivity index (χ0) is 18.2. The number of nitrogens with zero attached hydrogens (tertiary/aromatic N) is 3. The van der Waals surface area contributed by atoms with E-state index >= 15 is 0 Å². The van der Waals surface area contributed by atoms with Crippen molar-refractivity contribution in [2.24, 2.45) is 0 Å². The number of pyridine rings is 1. The van der Waals surface area contributed by atoms with Gasteiger partial charge in [-0.3, -0.25) is 4.79 Å². The van der Waals surface area contributed by atoms with E-state index in [0.29, 0.717) is 24.5 Å². The minimum Gasteiger partial charge on any atom is -0.481 e. The lowest BCUT2D eigenvalue weighted by atomic mass is 10.0. The van der Waals surface area contributed by atoms with Crippen LogP contribution < -0.4 is 4.74 Å². The fraction of sp³-hybridized carbons (Fsp3) is 0.368. The van der Waals surface area contributed by atoms with Crippen molar-refractivity contribution in [2.75, 3.05) is 47.4 Å². The van der Waals surface area contributed by atoms with Crippen molar-refractivity contribution in [3.05, 3.63) is 48.2 Å². The van der Waals surface area contributed by atoms with Crippen LogP contribution in [0.15, 0.2) is 42.6 Å². The number of benzene rings is 1. The minimum atomic E-state index is -0.0841. The van der Waals surface area contributed by atoms with Gasteiger partial charge in [0.15, 0.2) is 0 Å². The molecule has 25 heavy (non-hydrogen) atoms. The molecule has 2 rings (SSSR count). The highest BCUT2D eigenvalue weighted by Crippen LogP contribution is 2.22. The topological polar surface area (TPSA) is 65.9 Å². The summed E-state index contributed by atoms with van der Waals surface area (Å²) in [6, 6.07) is 11.1. The van der Waals surface area contributed by atoms with Gasteiger partial charge in [-0.1, -0.05) is 12.1 Å². The average Bonchev–Trinajstić information content (AvgIpc) is 2.64. The summed E-state index contributed by atoms with van der Waals surface area (Å²) in [7, 11) is 5.49. The van der Waals surface area contributed by atoms with E-state index in [1.165, 1.54) is 0 Å². The van der Waals surface area contributed by atoms with Gasteiger partial charge in [0.05, 0.1) is 13.7 Å². The Kier molecular flexibility index (Phi) is 6.91. The smallest absolute Gasteiger partial charge is 0.253 e. The van der Waals surface area contributed by atoms with Crippen LogP contribution in [0.3, 0.4) is 0 Å². The van der Waals surface area contributed by atoms with E-state index in [4.69, 9.17) is 4.74 Å². The summed E-state index contributed by atoms with van der Waals surface area (Å²) in [6.45, 7) is 1.58. The van der Waals surface area contributed by atoms with Crippen LogP contribution in [0.1, 0.15) is 10.4 Å². The van der Waals surface area contributed by atoms with Crippen LogP contribution in [0.2, 0.25) is 0 Å². The normalized spacial score (nSPS) is 10.8. The van der Waals surface area contributed by atoms with Crippen LogP contribution in [0.25, 0.3) is 11.1 Å². The zero-order valence-corrected chi connectivity index (χ0v) is 15.0. The predicted octanol–water partition coefficient (Wildman–Crippen LogP) is 1.75. The van der Waals surface area contributed by atoms with E-state index in [2.05, 4.69) is 4.98 Å². The van der Waals surface area contributed by atoms with Crippen molar-refractivity contribution in [3.8, 4) is 17.0 Å². The highest BCUT2D eigenvalue weighted by molar-refractivity contribution is 5.95. The molecule has 1 aromatic heterocycles. The summed E-state index contributed by atoms with van der Waals surface area (Å²) in [4.78, 5) is 20.7. The van der Waals surface area contributed by atoms with Gasteiger partial charge in [0.1, 0.15) is 0 Å². The molecule has 0 bridgehead atoms. The first-order valence-corrected chi connectivity index (χ1v) is 8.20. The third kappa shape index (κ3) is 5.27. The predicted molar refractivity (Wildman–Crippen MR) is 97.8 cm³/mol. The first-order valence-electron chi connectivity index (χ1n) is 8.20. The average molecular weight is 343 g/mol. The number of carbonyl (C=O) groups is 1. The molecule has 2 aromatic rings. The fourth-order valence-electron chi connectivity index (χ4n) is 2.44. The summed E-state index contributed by atoms with van der Waals surface area (Å²) >= 11 is 0. The summed E-state index contributed by atoms with van der Waals surface area (Å²) in [5.41, 5.74) is 2.43. The molecule has 1 heterocycles. The number of carbonyl (C=O) groups excluding carboxylic acids is 1. The second-order valence-electron chi connectivity index (χ2n) is 5.99. The molecule has 0 aliphatic heterocycles. The number of amides is 1. The Morgan fingerprint density at radius 2 is 1.92 bits per heavy atom. The summed E-state index contributed by atoms with van der Waals surface area (Å²) < 4.78 is 5.07. The number of aliphatic hydroxyl groups is 1. The lowest BCUT2D eigenvalue weighted by Gasteiger charge is -2.24. The SMILES string of the molecule is COc1ccc(-c2cccc(C(=O)N(CCO)CCN(C)C)c2)cn1. The molecule has 134 valence electrons. The Bertz CT molecular complexity index is 687. The van der Waals surface area contributed by atoms with E-state index in [9.17, 15) is 9.90 Å². The number of aromatic nitrogens is 1. The molecule has 0 fully saturated rings. The van der Waals surface area contributed by atoms with Gasteiger partial charge in [0.25, 0.3) is 5.91 Å². The van der Waals surface area contributed by atoms with Gasteiger partial charge in [0.2, 0.25) is 5.88 Å². The number of methoxy groups -OCH3 is 1. The van der Waals surface area contributed by atoms with E-state index in [-0.39, 0.29) is 12.5 Å². The van der Waals surface area contributed by atoms with Crippen molar-refractivity contribution in [1.29, 1.82) is 0 Å². The Hall–Kier alpha value is -2.44. The molecule has 0 atom stereocenters. The molecule has 0 spiro atoms. The number of hydrogen-bond donors (Lipinski definition) is 1. The molecule has 0 aliphatic carbocycles. The maximum atomic E-state index is 12.8. The zero-order valence-electron chi connectivity index (χ0n) is 15.0. The summed E-state index contributed by atoms with van der Waals surface area (Å²) in [6.07, 6.45) is 1.72. The third-order valence-electron chi connectivity index (χ3n) is 3.86. The molecule has 0 aliphatic rings. The molecular formula is C19H25N3O3. The molecule has 1 N–H and O–H groups in total. The maximum Gasteiger partial charge on any atom is 0.253 e. The molecule has 0 radical (unpaired) electrons. The second-order valence-corrected chi connectivity index (χ2v) is 5.99. The van der Waals surface area contributed by atoms with Gasteiger partial charge in [-0.05, 0) is 37.9 Å². The Morgan fingerprint density at radius 1 is 1.12 bits per heavy atom. The minimum absolute atomic E-state index is 0.0543. The monoisotopic (exact) mass is 343 g/mol. The molecule has 6 heteroatoms. The van der Waals surface area contributed by atoms with Gasteiger partial charge in [-0.25, -0.2) is 4.98 Å². The molecule has 6 nitrogen and oxygen atoms in total. The van der Waals surface area contributed by atoms with Gasteiger partial charge >= 0.3 is 0 Å². The Labute approximate surface area is 148 Å². The fourth-order valence-corrected chi connectivity index (χ4v) is 2.44. The lowest BCUT2D eigenvalue weighted by Crippen LogP contribution is -2.38. The molecule has 1 amide bonds. The Balaban J connectivity index is 2.21. The van der Waals surface area contributed by atoms with Crippen LogP contribution in [-0.2, 0) is 0 Å². The van der Waals surface area contributed by atoms with E-state index < -0.39 is 0 Å². The van der Waals surface area contributed by atoms with E-state index in [0.717, 1.165) is 17.7 Å². The number of ether oxygens (including phenoxy) is 1. The molecule has 0 saturated carbocycles. The molecule has 0 unspecified atom stereocenters. The standard InChI is InChI=1S/C19H25N3O3/c1-21(2)9-10-22(11-12-23)19(24)16-6-4-5-15(13-16)17-7-8-18(25-3)20-14-17/h4-8,13-14,23H,9-12H2,1-3H3. The summed E-state index contributed by atoms with van der Waals surface area (Å²) in [5, 5.41) is 9.25. The quantitative estimate of drug-likeness (QED) is 0.791. The van der Waals surface area contributed by atoms with Crippen LogP contribution >= 0.6 is 0 Å². The number of hydrogen-bond acceptors (Lipinski definition) is 5. The largest absolute Gasteiger partial charge is 0.481 e. The highest BCUT2D eigenvalue weighted by atomic mass is 16.5. The van der Waals surface area contributed by atoms with Crippen LogP contribution in [0.5, 0.6) is 5.88 Å². The van der Waals surface area contributed by atoms with Gasteiger partial charge in [-0.15, -0.1) is 0 Å². The van der Waals surface area contributed by atoms with Gasteiger partial charge in [0, 0.05) is 43.0 Å². The van der Waals surface area contributed by atoms with Crippen LogP contribution in [-0.4, -0.2) is 73.2 Å². The van der Waals surface area contributed by atoms with Crippen LogP contribution in [0, 0.1) is 0 Å². The van der Waals surface area contributed by atoms with Crippen molar-refractivity contribution in [2.45, 2.75) is 0 Å². The van der Waals surface area contributed by atoms with E-state index in [1.807, 2.05) is 43.3 Å². The first-order chi connectivity index (χ1) is 12.0.